The summed E-state index contributed by atoms with van der Waals surface area (Å²) in [5, 5.41) is 13.2. The molecule has 70 valence electrons. The molecule has 2 fully saturated rings. The van der Waals surface area contributed by atoms with Gasteiger partial charge >= 0.3 is 0 Å². The number of hydrogen-bond donors (Lipinski definition) is 2. The minimum absolute atomic E-state index is 0.0773. The van der Waals surface area contributed by atoms with Gasteiger partial charge in [-0.25, -0.2) is 0 Å². The molecule has 4 unspecified atom stereocenters. The first-order valence-corrected chi connectivity index (χ1v) is 5.20. The molecule has 1 aliphatic carbocycles. The molecule has 1 saturated carbocycles. The lowest BCUT2D eigenvalue weighted by atomic mass is 9.71. The van der Waals surface area contributed by atoms with E-state index < -0.39 is 0 Å². The highest BCUT2D eigenvalue weighted by molar-refractivity contribution is 4.93. The predicted octanol–water partition coefficient (Wildman–Crippen LogP) is 1.15. The Morgan fingerprint density at radius 1 is 1.25 bits per heavy atom. The van der Waals surface area contributed by atoms with E-state index in [-0.39, 0.29) is 6.10 Å². The van der Waals surface area contributed by atoms with Gasteiger partial charge in [-0.05, 0) is 44.1 Å². The molecule has 1 aliphatic heterocycles. The largest absolute Gasteiger partial charge is 0.391 e. The second-order valence-corrected chi connectivity index (χ2v) is 4.41. The number of nitrogens with one attached hydrogen (secondary N) is 1. The molecule has 0 spiro atoms. The number of fused-ring (bicyclic) bond motifs is 1. The molecule has 2 N–H and O–H groups in total. The number of hydrogen-bond acceptors (Lipinski definition) is 2. The van der Waals surface area contributed by atoms with Crippen molar-refractivity contribution in [3.05, 3.63) is 0 Å². The summed E-state index contributed by atoms with van der Waals surface area (Å²) in [5.74, 6) is 1.55. The van der Waals surface area contributed by atoms with Gasteiger partial charge in [-0.3, -0.25) is 0 Å². The lowest BCUT2D eigenvalue weighted by Gasteiger charge is -2.43. The van der Waals surface area contributed by atoms with E-state index in [1.165, 1.54) is 19.3 Å². The second-order valence-electron chi connectivity index (χ2n) is 4.41. The first-order chi connectivity index (χ1) is 5.79. The zero-order valence-corrected chi connectivity index (χ0v) is 7.79. The Hall–Kier alpha value is -0.0800. The first kappa shape index (κ1) is 8.52. The van der Waals surface area contributed by atoms with E-state index in [9.17, 15) is 5.11 Å². The summed E-state index contributed by atoms with van der Waals surface area (Å²) in [6.07, 6.45) is 4.74. The lowest BCUT2D eigenvalue weighted by Crippen LogP contribution is -2.53. The van der Waals surface area contributed by atoms with Crippen molar-refractivity contribution in [1.29, 1.82) is 0 Å². The average molecular weight is 169 g/mol. The van der Waals surface area contributed by atoms with Crippen molar-refractivity contribution < 1.29 is 5.11 Å². The zero-order valence-electron chi connectivity index (χ0n) is 7.79. The Balaban J connectivity index is 2.05. The molecule has 0 aromatic carbocycles. The highest BCUT2D eigenvalue weighted by Crippen LogP contribution is 2.35. The number of rotatable bonds is 0. The van der Waals surface area contributed by atoms with Crippen LogP contribution in [-0.4, -0.2) is 23.8 Å². The van der Waals surface area contributed by atoms with Crippen LogP contribution in [0.3, 0.4) is 0 Å². The van der Waals surface area contributed by atoms with Crippen molar-refractivity contribution in [2.75, 3.05) is 6.54 Å². The van der Waals surface area contributed by atoms with E-state index in [1.807, 2.05) is 0 Å². The van der Waals surface area contributed by atoms with Gasteiger partial charge in [0, 0.05) is 6.04 Å². The van der Waals surface area contributed by atoms with E-state index >= 15 is 0 Å². The summed E-state index contributed by atoms with van der Waals surface area (Å²) in [4.78, 5) is 0. The Kier molecular flexibility index (Phi) is 2.37. The lowest BCUT2D eigenvalue weighted by molar-refractivity contribution is 0.0160. The summed E-state index contributed by atoms with van der Waals surface area (Å²) in [5.41, 5.74) is 0. The molecule has 12 heavy (non-hydrogen) atoms. The molecule has 2 nitrogen and oxygen atoms in total. The maximum absolute atomic E-state index is 9.76. The monoisotopic (exact) mass is 169 g/mol. The van der Waals surface area contributed by atoms with Crippen molar-refractivity contribution in [3.63, 3.8) is 0 Å². The molecule has 0 bridgehead atoms. The van der Waals surface area contributed by atoms with Crippen LogP contribution in [-0.2, 0) is 0 Å². The molecule has 2 aliphatic rings. The van der Waals surface area contributed by atoms with Crippen LogP contribution in [0.15, 0.2) is 0 Å². The van der Waals surface area contributed by atoms with E-state index in [0.717, 1.165) is 24.8 Å². The highest BCUT2D eigenvalue weighted by Gasteiger charge is 2.37. The molecule has 1 saturated heterocycles. The van der Waals surface area contributed by atoms with Crippen LogP contribution in [0.25, 0.3) is 0 Å². The number of piperidine rings is 1. The van der Waals surface area contributed by atoms with E-state index in [4.69, 9.17) is 0 Å². The molecule has 0 radical (unpaired) electrons. The van der Waals surface area contributed by atoms with Crippen LogP contribution >= 0.6 is 0 Å². The molecule has 0 aromatic heterocycles. The Bertz CT molecular complexity index is 142. The summed E-state index contributed by atoms with van der Waals surface area (Å²) >= 11 is 0. The van der Waals surface area contributed by atoms with Gasteiger partial charge in [-0.1, -0.05) is 6.92 Å². The predicted molar refractivity (Wildman–Crippen MR) is 48.9 cm³/mol. The van der Waals surface area contributed by atoms with Crippen LogP contribution in [0.4, 0.5) is 0 Å². The third kappa shape index (κ3) is 1.38. The van der Waals surface area contributed by atoms with Crippen LogP contribution in [0, 0.1) is 11.8 Å². The highest BCUT2D eigenvalue weighted by atomic mass is 16.3. The van der Waals surface area contributed by atoms with Crippen LogP contribution in [0.5, 0.6) is 0 Å². The van der Waals surface area contributed by atoms with Gasteiger partial charge in [0.1, 0.15) is 0 Å². The Morgan fingerprint density at radius 3 is 2.83 bits per heavy atom. The van der Waals surface area contributed by atoms with Crippen molar-refractivity contribution in [1.82, 2.24) is 5.32 Å². The summed E-state index contributed by atoms with van der Waals surface area (Å²) < 4.78 is 0. The van der Waals surface area contributed by atoms with Gasteiger partial charge in [0.15, 0.2) is 0 Å². The van der Waals surface area contributed by atoms with E-state index in [2.05, 4.69) is 12.2 Å². The van der Waals surface area contributed by atoms with Gasteiger partial charge in [0.05, 0.1) is 6.10 Å². The first-order valence-electron chi connectivity index (χ1n) is 5.20. The normalized spacial score (nSPS) is 48.5. The maximum atomic E-state index is 9.76. The molecule has 1 heterocycles. The van der Waals surface area contributed by atoms with Gasteiger partial charge in [0.2, 0.25) is 0 Å². The zero-order chi connectivity index (χ0) is 8.55. The summed E-state index contributed by atoms with van der Waals surface area (Å²) in [7, 11) is 0. The van der Waals surface area contributed by atoms with Gasteiger partial charge in [-0.2, -0.15) is 0 Å². The smallest absolute Gasteiger partial charge is 0.0696 e. The molecular weight excluding hydrogens is 150 g/mol. The van der Waals surface area contributed by atoms with Crippen LogP contribution in [0.2, 0.25) is 0 Å². The summed E-state index contributed by atoms with van der Waals surface area (Å²) in [6.45, 7) is 3.43. The molecule has 4 atom stereocenters. The Labute approximate surface area is 74.4 Å². The average Bonchev–Trinajstić information content (AvgIpc) is 2.12. The fourth-order valence-electron chi connectivity index (χ4n) is 2.82. The molecular formula is C10H19NO. The van der Waals surface area contributed by atoms with E-state index in [1.54, 1.807) is 0 Å². The second kappa shape index (κ2) is 3.35. The fourth-order valence-corrected chi connectivity index (χ4v) is 2.82. The van der Waals surface area contributed by atoms with Crippen molar-refractivity contribution >= 4 is 0 Å². The van der Waals surface area contributed by atoms with Crippen LogP contribution in [0.1, 0.15) is 32.6 Å². The minimum Gasteiger partial charge on any atom is -0.391 e. The fraction of sp³-hybridized carbons (Fsp3) is 1.00. The minimum atomic E-state index is -0.0773. The molecule has 2 heteroatoms. The molecule has 2 rings (SSSR count). The van der Waals surface area contributed by atoms with Gasteiger partial charge < -0.3 is 10.4 Å². The van der Waals surface area contributed by atoms with Gasteiger partial charge in [-0.15, -0.1) is 0 Å². The third-order valence-corrected chi connectivity index (χ3v) is 3.62. The third-order valence-electron chi connectivity index (χ3n) is 3.62. The number of aliphatic hydroxyl groups excluding tert-OH is 1. The van der Waals surface area contributed by atoms with Gasteiger partial charge in [0.25, 0.3) is 0 Å². The maximum Gasteiger partial charge on any atom is 0.0696 e. The number of aliphatic hydroxyl groups is 1. The van der Waals surface area contributed by atoms with Crippen molar-refractivity contribution in [2.24, 2.45) is 11.8 Å². The topological polar surface area (TPSA) is 32.3 Å². The van der Waals surface area contributed by atoms with E-state index in [0.29, 0.717) is 6.04 Å². The Morgan fingerprint density at radius 2 is 2.08 bits per heavy atom. The van der Waals surface area contributed by atoms with Crippen molar-refractivity contribution in [3.8, 4) is 0 Å². The standard InChI is InChI=1S/C10H19NO/c1-7-4-5-9(12)10-8(7)3-2-6-11-10/h7-12H,2-6H2,1H3. The summed E-state index contributed by atoms with van der Waals surface area (Å²) in [6, 6.07) is 0.405. The quantitative estimate of drug-likeness (QED) is 0.570. The molecule has 0 amide bonds. The molecule has 0 aromatic rings. The SMILES string of the molecule is CC1CCC(O)C2NCCCC12. The van der Waals surface area contributed by atoms with Crippen LogP contribution < -0.4 is 5.32 Å². The van der Waals surface area contributed by atoms with Crippen molar-refractivity contribution in [2.45, 2.75) is 44.8 Å².